The number of Topliss-reactive ketones (excluding diaryl/α,β-unsaturated/α-hetero) is 1. The first-order valence-corrected chi connectivity index (χ1v) is 6.60. The van der Waals surface area contributed by atoms with Gasteiger partial charge in [0.05, 0.1) is 20.2 Å². The Balaban J connectivity index is 2.75. The van der Waals surface area contributed by atoms with E-state index in [0.29, 0.717) is 23.8 Å². The van der Waals surface area contributed by atoms with Crippen molar-refractivity contribution in [3.05, 3.63) is 29.8 Å². The van der Waals surface area contributed by atoms with Gasteiger partial charge in [-0.05, 0) is 18.1 Å². The molecule has 5 nitrogen and oxygen atoms in total. The molecule has 0 spiro atoms. The van der Waals surface area contributed by atoms with Crippen molar-refractivity contribution in [1.82, 2.24) is 4.90 Å². The molecule has 1 rings (SSSR count). The fourth-order valence-corrected chi connectivity index (χ4v) is 2.01. The Morgan fingerprint density at radius 3 is 2.55 bits per heavy atom. The lowest BCUT2D eigenvalue weighted by atomic mass is 10.1. The van der Waals surface area contributed by atoms with Crippen LogP contribution in [0.5, 0.6) is 5.75 Å². The Hall–Kier alpha value is -1.88. The van der Waals surface area contributed by atoms with Crippen molar-refractivity contribution < 1.29 is 14.3 Å². The highest BCUT2D eigenvalue weighted by molar-refractivity contribution is 5.98. The van der Waals surface area contributed by atoms with Gasteiger partial charge < -0.3 is 10.5 Å². The first-order chi connectivity index (χ1) is 9.42. The van der Waals surface area contributed by atoms with Gasteiger partial charge in [0.25, 0.3) is 0 Å². The molecule has 0 unspecified atom stereocenters. The number of benzene rings is 1. The second-order valence-electron chi connectivity index (χ2n) is 5.18. The molecule has 2 N–H and O–H groups in total. The van der Waals surface area contributed by atoms with Crippen LogP contribution in [0.3, 0.4) is 0 Å². The molecule has 0 fully saturated rings. The first kappa shape index (κ1) is 16.2. The summed E-state index contributed by atoms with van der Waals surface area (Å²) in [6.45, 7) is 4.98. The van der Waals surface area contributed by atoms with Crippen LogP contribution in [0.4, 0.5) is 0 Å². The molecule has 20 heavy (non-hydrogen) atoms. The van der Waals surface area contributed by atoms with Crippen LogP contribution in [0.25, 0.3) is 0 Å². The molecule has 5 heteroatoms. The lowest BCUT2D eigenvalue weighted by Gasteiger charge is -2.22. The van der Waals surface area contributed by atoms with Crippen LogP contribution in [0, 0.1) is 5.92 Å². The average Bonchev–Trinajstić information content (AvgIpc) is 2.37. The summed E-state index contributed by atoms with van der Waals surface area (Å²) in [5.41, 5.74) is 5.79. The summed E-state index contributed by atoms with van der Waals surface area (Å²) < 4.78 is 5.10. The normalized spacial score (nSPS) is 10.8. The highest BCUT2D eigenvalue weighted by Crippen LogP contribution is 2.13. The summed E-state index contributed by atoms with van der Waals surface area (Å²) in [6, 6.07) is 6.99. The zero-order chi connectivity index (χ0) is 15.1. The van der Waals surface area contributed by atoms with Gasteiger partial charge in [-0.1, -0.05) is 26.0 Å². The molecule has 0 aromatic heterocycles. The van der Waals surface area contributed by atoms with Gasteiger partial charge in [-0.25, -0.2) is 0 Å². The van der Waals surface area contributed by atoms with Gasteiger partial charge in [0.2, 0.25) is 5.91 Å². The van der Waals surface area contributed by atoms with Crippen LogP contribution in [0.1, 0.15) is 24.2 Å². The van der Waals surface area contributed by atoms with Crippen LogP contribution >= 0.6 is 0 Å². The molecule has 0 heterocycles. The Bertz CT molecular complexity index is 472. The topological polar surface area (TPSA) is 72.6 Å². The summed E-state index contributed by atoms with van der Waals surface area (Å²) in [6.07, 6.45) is 0. The number of ether oxygens (including phenoxy) is 1. The van der Waals surface area contributed by atoms with Crippen molar-refractivity contribution in [2.75, 3.05) is 26.7 Å². The molecule has 0 saturated heterocycles. The number of carbonyl (C=O) groups is 2. The third-order valence-electron chi connectivity index (χ3n) is 2.76. The van der Waals surface area contributed by atoms with E-state index < -0.39 is 5.91 Å². The van der Waals surface area contributed by atoms with Crippen molar-refractivity contribution in [3.63, 3.8) is 0 Å². The van der Waals surface area contributed by atoms with Crippen LogP contribution in [0.15, 0.2) is 24.3 Å². The van der Waals surface area contributed by atoms with E-state index in [-0.39, 0.29) is 18.9 Å². The second kappa shape index (κ2) is 7.65. The lowest BCUT2D eigenvalue weighted by Crippen LogP contribution is -2.39. The number of methoxy groups -OCH3 is 1. The minimum Gasteiger partial charge on any atom is -0.497 e. The number of primary amides is 1. The van der Waals surface area contributed by atoms with Gasteiger partial charge in [0.1, 0.15) is 5.75 Å². The predicted octanol–water partition coefficient (Wildman–Crippen LogP) is 1.32. The molecule has 0 aliphatic carbocycles. The Morgan fingerprint density at radius 2 is 2.00 bits per heavy atom. The molecular formula is C15H22N2O3. The third kappa shape index (κ3) is 5.40. The van der Waals surface area contributed by atoms with Gasteiger partial charge in [0, 0.05) is 12.1 Å². The van der Waals surface area contributed by atoms with Crippen LogP contribution in [-0.2, 0) is 4.79 Å². The zero-order valence-electron chi connectivity index (χ0n) is 12.3. The first-order valence-electron chi connectivity index (χ1n) is 6.60. The summed E-state index contributed by atoms with van der Waals surface area (Å²) in [7, 11) is 1.56. The second-order valence-corrected chi connectivity index (χ2v) is 5.18. The number of rotatable bonds is 8. The SMILES string of the molecule is COc1cccc(C(=O)CN(CC(N)=O)CC(C)C)c1. The Morgan fingerprint density at radius 1 is 1.30 bits per heavy atom. The van der Waals surface area contributed by atoms with Crippen molar-refractivity contribution >= 4 is 11.7 Å². The Kier molecular flexibility index (Phi) is 6.18. The minimum absolute atomic E-state index is 0.0502. The molecule has 0 bridgehead atoms. The third-order valence-corrected chi connectivity index (χ3v) is 2.76. The molecule has 110 valence electrons. The van der Waals surface area contributed by atoms with Crippen LogP contribution in [0.2, 0.25) is 0 Å². The highest BCUT2D eigenvalue weighted by atomic mass is 16.5. The van der Waals surface area contributed by atoms with Gasteiger partial charge in [-0.15, -0.1) is 0 Å². The maximum Gasteiger partial charge on any atom is 0.231 e. The molecule has 1 amide bonds. The fourth-order valence-electron chi connectivity index (χ4n) is 2.01. The lowest BCUT2D eigenvalue weighted by molar-refractivity contribution is -0.119. The van der Waals surface area contributed by atoms with E-state index in [1.807, 2.05) is 13.8 Å². The van der Waals surface area contributed by atoms with E-state index >= 15 is 0 Å². The smallest absolute Gasteiger partial charge is 0.231 e. The maximum absolute atomic E-state index is 12.2. The molecule has 1 aromatic carbocycles. The number of nitrogens with zero attached hydrogens (tertiary/aromatic N) is 1. The van der Waals surface area contributed by atoms with Gasteiger partial charge in [-0.2, -0.15) is 0 Å². The van der Waals surface area contributed by atoms with E-state index in [1.54, 1.807) is 36.3 Å². The van der Waals surface area contributed by atoms with E-state index in [4.69, 9.17) is 10.5 Å². The maximum atomic E-state index is 12.2. The predicted molar refractivity (Wildman–Crippen MR) is 77.8 cm³/mol. The van der Waals surface area contributed by atoms with E-state index in [2.05, 4.69) is 0 Å². The number of hydrogen-bond donors (Lipinski definition) is 1. The monoisotopic (exact) mass is 278 g/mol. The van der Waals surface area contributed by atoms with Crippen molar-refractivity contribution in [3.8, 4) is 5.75 Å². The Labute approximate surface area is 119 Å². The van der Waals surface area contributed by atoms with E-state index in [1.165, 1.54) is 0 Å². The van der Waals surface area contributed by atoms with Crippen LogP contribution < -0.4 is 10.5 Å². The highest BCUT2D eigenvalue weighted by Gasteiger charge is 2.16. The van der Waals surface area contributed by atoms with Crippen molar-refractivity contribution in [1.29, 1.82) is 0 Å². The standard InChI is InChI=1S/C15H22N2O3/c1-11(2)8-17(10-15(16)19)9-14(18)12-5-4-6-13(7-12)20-3/h4-7,11H,8-10H2,1-3H3,(H2,16,19). The zero-order valence-corrected chi connectivity index (χ0v) is 12.3. The number of amides is 1. The van der Waals surface area contributed by atoms with Crippen LogP contribution in [-0.4, -0.2) is 43.3 Å². The molecule has 0 saturated carbocycles. The van der Waals surface area contributed by atoms with E-state index in [9.17, 15) is 9.59 Å². The molecule has 0 radical (unpaired) electrons. The van der Waals surface area contributed by atoms with Gasteiger partial charge in [-0.3, -0.25) is 14.5 Å². The van der Waals surface area contributed by atoms with Crippen molar-refractivity contribution in [2.45, 2.75) is 13.8 Å². The van der Waals surface area contributed by atoms with Crippen molar-refractivity contribution in [2.24, 2.45) is 11.7 Å². The number of ketones is 1. The molecule has 0 atom stereocenters. The number of hydrogen-bond acceptors (Lipinski definition) is 4. The average molecular weight is 278 g/mol. The summed E-state index contributed by atoms with van der Waals surface area (Å²) in [5.74, 6) is 0.517. The summed E-state index contributed by atoms with van der Waals surface area (Å²) in [4.78, 5) is 25.1. The summed E-state index contributed by atoms with van der Waals surface area (Å²) in [5, 5.41) is 0. The minimum atomic E-state index is -0.427. The van der Waals surface area contributed by atoms with Gasteiger partial charge in [0.15, 0.2) is 5.78 Å². The quantitative estimate of drug-likeness (QED) is 0.728. The molecular weight excluding hydrogens is 256 g/mol. The molecule has 0 aliphatic heterocycles. The van der Waals surface area contributed by atoms with E-state index in [0.717, 1.165) is 0 Å². The largest absolute Gasteiger partial charge is 0.497 e. The summed E-state index contributed by atoms with van der Waals surface area (Å²) >= 11 is 0. The van der Waals surface area contributed by atoms with Gasteiger partial charge >= 0.3 is 0 Å². The number of carbonyl (C=O) groups excluding carboxylic acids is 2. The fraction of sp³-hybridized carbons (Fsp3) is 0.467. The molecule has 0 aliphatic rings. The number of nitrogens with two attached hydrogens (primary N) is 1. The molecule has 1 aromatic rings.